The van der Waals surface area contributed by atoms with Crippen molar-refractivity contribution in [3.05, 3.63) is 0 Å². The van der Waals surface area contributed by atoms with E-state index in [1.165, 1.54) is 32.1 Å². The lowest BCUT2D eigenvalue weighted by Gasteiger charge is -2.21. The molecule has 2 atom stereocenters. The zero-order chi connectivity index (χ0) is 11.8. The highest BCUT2D eigenvalue weighted by Gasteiger charge is 2.12. The van der Waals surface area contributed by atoms with E-state index in [2.05, 4.69) is 41.5 Å². The monoisotopic (exact) mass is 212 g/mol. The van der Waals surface area contributed by atoms with Crippen LogP contribution in [0.25, 0.3) is 0 Å². The Bertz CT molecular complexity index is 135. The molecule has 0 spiro atoms. The Morgan fingerprint density at radius 1 is 0.533 bits per heavy atom. The van der Waals surface area contributed by atoms with Crippen LogP contribution in [-0.4, -0.2) is 0 Å². The van der Waals surface area contributed by atoms with Gasteiger partial charge in [-0.2, -0.15) is 0 Å². The average Bonchev–Trinajstić information content (AvgIpc) is 2.13. The van der Waals surface area contributed by atoms with Crippen LogP contribution < -0.4 is 0 Å². The van der Waals surface area contributed by atoms with Crippen molar-refractivity contribution in [2.24, 2.45) is 23.7 Å². The van der Waals surface area contributed by atoms with E-state index in [0.717, 1.165) is 23.7 Å². The molecule has 2 unspecified atom stereocenters. The second-order valence-electron chi connectivity index (χ2n) is 6.25. The summed E-state index contributed by atoms with van der Waals surface area (Å²) in [7, 11) is 0. The Kier molecular flexibility index (Phi) is 8.19. The molecule has 0 heterocycles. The first-order valence-electron chi connectivity index (χ1n) is 6.93. The van der Waals surface area contributed by atoms with Gasteiger partial charge in [0.05, 0.1) is 0 Å². The molecule has 0 aromatic heterocycles. The Balaban J connectivity index is 3.55. The zero-order valence-electron chi connectivity index (χ0n) is 11.8. The minimum Gasteiger partial charge on any atom is -0.0628 e. The maximum Gasteiger partial charge on any atom is -0.0417 e. The molecule has 0 bridgehead atoms. The second-order valence-corrected chi connectivity index (χ2v) is 6.25. The maximum atomic E-state index is 2.44. The first kappa shape index (κ1) is 15.0. The Morgan fingerprint density at radius 3 is 1.47 bits per heavy atom. The summed E-state index contributed by atoms with van der Waals surface area (Å²) < 4.78 is 0. The third kappa shape index (κ3) is 8.96. The van der Waals surface area contributed by atoms with Crippen LogP contribution in [0, 0.1) is 23.7 Å². The quantitative estimate of drug-likeness (QED) is 0.497. The van der Waals surface area contributed by atoms with E-state index >= 15 is 0 Å². The largest absolute Gasteiger partial charge is 0.0628 e. The van der Waals surface area contributed by atoms with Crippen molar-refractivity contribution in [1.82, 2.24) is 0 Å². The third-order valence-corrected chi connectivity index (χ3v) is 3.61. The predicted molar refractivity (Wildman–Crippen MR) is 71.1 cm³/mol. The summed E-state index contributed by atoms with van der Waals surface area (Å²) in [5.74, 6) is 3.58. The van der Waals surface area contributed by atoms with Gasteiger partial charge in [0.1, 0.15) is 0 Å². The molecule has 0 saturated carbocycles. The van der Waals surface area contributed by atoms with E-state index < -0.39 is 0 Å². The summed E-state index contributed by atoms with van der Waals surface area (Å²) in [6.45, 7) is 14.2. The van der Waals surface area contributed by atoms with Crippen LogP contribution in [0.15, 0.2) is 0 Å². The number of hydrogen-bond donors (Lipinski definition) is 0. The molecule has 0 aliphatic heterocycles. The van der Waals surface area contributed by atoms with Gasteiger partial charge in [-0.3, -0.25) is 0 Å². The molecule has 0 aromatic rings. The average molecular weight is 212 g/mol. The van der Waals surface area contributed by atoms with Gasteiger partial charge in [-0.05, 0) is 23.7 Å². The van der Waals surface area contributed by atoms with E-state index in [4.69, 9.17) is 0 Å². The highest BCUT2D eigenvalue weighted by Crippen LogP contribution is 2.24. The molecular formula is C15H32. The lowest BCUT2D eigenvalue weighted by Crippen LogP contribution is -2.09. The van der Waals surface area contributed by atoms with E-state index in [1.807, 2.05) is 0 Å². The molecule has 0 radical (unpaired) electrons. The predicted octanol–water partition coefficient (Wildman–Crippen LogP) is 5.52. The maximum absolute atomic E-state index is 2.44. The summed E-state index contributed by atoms with van der Waals surface area (Å²) in [6.07, 6.45) is 7.07. The molecule has 0 aliphatic carbocycles. The van der Waals surface area contributed by atoms with Crippen LogP contribution in [0.2, 0.25) is 0 Å². The fraction of sp³-hybridized carbons (Fsp3) is 1.00. The minimum atomic E-state index is 0.871. The van der Waals surface area contributed by atoms with Crippen molar-refractivity contribution >= 4 is 0 Å². The summed E-state index contributed by atoms with van der Waals surface area (Å²) in [4.78, 5) is 0. The first-order chi connectivity index (χ1) is 6.93. The van der Waals surface area contributed by atoms with Gasteiger partial charge in [-0.15, -0.1) is 0 Å². The van der Waals surface area contributed by atoms with Gasteiger partial charge >= 0.3 is 0 Å². The second kappa shape index (κ2) is 8.19. The van der Waals surface area contributed by atoms with Crippen LogP contribution in [0.5, 0.6) is 0 Å². The summed E-state index contributed by atoms with van der Waals surface area (Å²) in [5, 5.41) is 0. The molecular weight excluding hydrogens is 180 g/mol. The van der Waals surface area contributed by atoms with Crippen molar-refractivity contribution in [3.63, 3.8) is 0 Å². The van der Waals surface area contributed by atoms with Crippen LogP contribution in [0.3, 0.4) is 0 Å². The molecule has 0 fully saturated rings. The summed E-state index contributed by atoms with van der Waals surface area (Å²) >= 11 is 0. The molecule has 0 nitrogen and oxygen atoms in total. The molecule has 15 heavy (non-hydrogen) atoms. The Labute approximate surface area is 97.8 Å². The topological polar surface area (TPSA) is 0 Å². The third-order valence-electron chi connectivity index (χ3n) is 3.61. The van der Waals surface area contributed by atoms with Crippen molar-refractivity contribution in [2.75, 3.05) is 0 Å². The van der Waals surface area contributed by atoms with Crippen LogP contribution >= 0.6 is 0 Å². The van der Waals surface area contributed by atoms with Gasteiger partial charge in [0.15, 0.2) is 0 Å². The van der Waals surface area contributed by atoms with Crippen molar-refractivity contribution in [2.45, 2.75) is 73.6 Å². The molecule has 0 amide bonds. The first-order valence-corrected chi connectivity index (χ1v) is 6.93. The number of rotatable bonds is 8. The lowest BCUT2D eigenvalue weighted by atomic mass is 9.85. The van der Waals surface area contributed by atoms with Crippen molar-refractivity contribution in [1.29, 1.82) is 0 Å². The fourth-order valence-electron chi connectivity index (χ4n) is 2.01. The summed E-state index contributed by atoms with van der Waals surface area (Å²) in [6, 6.07) is 0. The SMILES string of the molecule is CC(C)CCCC(C)C(C)CCC(C)C. The lowest BCUT2D eigenvalue weighted by molar-refractivity contribution is 0.308. The van der Waals surface area contributed by atoms with Crippen molar-refractivity contribution in [3.8, 4) is 0 Å². The van der Waals surface area contributed by atoms with Gasteiger partial charge < -0.3 is 0 Å². The highest BCUT2D eigenvalue weighted by molar-refractivity contribution is 4.64. The molecule has 0 heteroatoms. The molecule has 0 rings (SSSR count). The van der Waals surface area contributed by atoms with Gasteiger partial charge in [0.2, 0.25) is 0 Å². The van der Waals surface area contributed by atoms with Crippen molar-refractivity contribution < 1.29 is 0 Å². The molecule has 0 aliphatic rings. The Hall–Kier alpha value is 0. The van der Waals surface area contributed by atoms with Crippen LogP contribution in [0.1, 0.15) is 73.6 Å². The van der Waals surface area contributed by atoms with Crippen LogP contribution in [0.4, 0.5) is 0 Å². The summed E-state index contributed by atoms with van der Waals surface area (Å²) in [5.41, 5.74) is 0. The zero-order valence-corrected chi connectivity index (χ0v) is 11.8. The van der Waals surface area contributed by atoms with Gasteiger partial charge in [-0.25, -0.2) is 0 Å². The van der Waals surface area contributed by atoms with E-state index in [9.17, 15) is 0 Å². The van der Waals surface area contributed by atoms with Gasteiger partial charge in [0.25, 0.3) is 0 Å². The van der Waals surface area contributed by atoms with E-state index in [0.29, 0.717) is 0 Å². The minimum absolute atomic E-state index is 0.871. The van der Waals surface area contributed by atoms with E-state index in [1.54, 1.807) is 0 Å². The van der Waals surface area contributed by atoms with E-state index in [-0.39, 0.29) is 0 Å². The van der Waals surface area contributed by atoms with Gasteiger partial charge in [0, 0.05) is 0 Å². The Morgan fingerprint density at radius 2 is 1.00 bits per heavy atom. The van der Waals surface area contributed by atoms with Gasteiger partial charge in [-0.1, -0.05) is 73.6 Å². The standard InChI is InChI=1S/C15H32/c1-12(2)8-7-9-14(5)15(6)11-10-13(3)4/h12-15H,7-11H2,1-6H3. The van der Waals surface area contributed by atoms with Crippen LogP contribution in [-0.2, 0) is 0 Å². The normalized spacial score (nSPS) is 16.0. The molecule has 0 saturated heterocycles. The fourth-order valence-corrected chi connectivity index (χ4v) is 2.01. The molecule has 92 valence electrons. The highest BCUT2D eigenvalue weighted by atomic mass is 14.2. The smallest absolute Gasteiger partial charge is 0.0417 e. The number of hydrogen-bond acceptors (Lipinski definition) is 0. The molecule has 0 aromatic carbocycles. The molecule has 0 N–H and O–H groups in total.